The van der Waals surface area contributed by atoms with Gasteiger partial charge in [-0.15, -0.1) is 0 Å². The molecule has 0 aromatic carbocycles. The van der Waals surface area contributed by atoms with E-state index < -0.39 is 9.89 Å². The van der Waals surface area contributed by atoms with Gasteiger partial charge in [-0.1, -0.05) is 34.8 Å². The fourth-order valence-electron chi connectivity index (χ4n) is 1.59. The molecular weight excluding hydrogens is 341 g/mol. The molecule has 2 aromatic rings. The topological polar surface area (TPSA) is 74.0 Å². The number of hydrogen-bond acceptors (Lipinski definition) is 4. The van der Waals surface area contributed by atoms with Crippen LogP contribution in [0.1, 0.15) is 5.69 Å². The number of hydrogen-bond donors (Lipinski definition) is 1. The van der Waals surface area contributed by atoms with E-state index in [0.29, 0.717) is 11.5 Å². The maximum Gasteiger partial charge on any atom is 0.412 e. The molecule has 0 unspecified atom stereocenters. The Morgan fingerprint density at radius 1 is 1.48 bits per heavy atom. The molecule has 0 aliphatic rings. The maximum absolute atomic E-state index is 11.7. The van der Waals surface area contributed by atoms with Crippen molar-refractivity contribution in [3.05, 3.63) is 24.2 Å². The van der Waals surface area contributed by atoms with Crippen LogP contribution in [0, 0.1) is 6.92 Å². The standard InChI is InChI=1S/C11H12Cl3N5O2/c1-7-3-9(16-10(20)21-6-11(12,13)14)19(17-7)8-4-15-18(2)5-8/h3-5H,6H2,1-2H3,(H,16,20). The predicted octanol–water partition coefficient (Wildman–Crippen LogP) is 2.83. The van der Waals surface area contributed by atoms with Crippen molar-refractivity contribution in [2.24, 2.45) is 7.05 Å². The SMILES string of the molecule is Cc1cc(NC(=O)OCC(Cl)(Cl)Cl)n(-c2cnn(C)c2)n1. The van der Waals surface area contributed by atoms with Gasteiger partial charge in [0.25, 0.3) is 0 Å². The molecule has 0 fully saturated rings. The first-order valence-electron chi connectivity index (χ1n) is 5.81. The highest BCUT2D eigenvalue weighted by Crippen LogP contribution is 2.26. The second kappa shape index (κ2) is 6.13. The highest BCUT2D eigenvalue weighted by atomic mass is 35.6. The number of amides is 1. The summed E-state index contributed by atoms with van der Waals surface area (Å²) in [5, 5.41) is 10.9. The van der Waals surface area contributed by atoms with Crippen molar-refractivity contribution in [1.82, 2.24) is 19.6 Å². The Kier molecular flexibility index (Phi) is 4.65. The molecule has 2 heterocycles. The van der Waals surface area contributed by atoms with Gasteiger partial charge in [-0.05, 0) is 6.92 Å². The number of alkyl halides is 3. The lowest BCUT2D eigenvalue weighted by atomic mass is 10.4. The van der Waals surface area contributed by atoms with E-state index in [9.17, 15) is 4.79 Å². The Labute approximate surface area is 135 Å². The third kappa shape index (κ3) is 4.52. The number of rotatable bonds is 3. The van der Waals surface area contributed by atoms with Gasteiger partial charge in [-0.25, -0.2) is 9.48 Å². The Morgan fingerprint density at radius 2 is 2.19 bits per heavy atom. The monoisotopic (exact) mass is 351 g/mol. The lowest BCUT2D eigenvalue weighted by Crippen LogP contribution is -2.22. The van der Waals surface area contributed by atoms with Crippen molar-refractivity contribution in [1.29, 1.82) is 0 Å². The first-order valence-corrected chi connectivity index (χ1v) is 6.94. The number of nitrogens with zero attached hydrogens (tertiary/aromatic N) is 4. The molecule has 2 rings (SSSR count). The predicted molar refractivity (Wildman–Crippen MR) is 80.3 cm³/mol. The Hall–Kier alpha value is -1.44. The molecule has 0 saturated heterocycles. The average Bonchev–Trinajstić information content (AvgIpc) is 2.92. The van der Waals surface area contributed by atoms with Gasteiger partial charge in [0.15, 0.2) is 0 Å². The summed E-state index contributed by atoms with van der Waals surface area (Å²) in [6, 6.07) is 1.68. The molecule has 21 heavy (non-hydrogen) atoms. The molecule has 1 amide bonds. The highest BCUT2D eigenvalue weighted by Gasteiger charge is 2.22. The van der Waals surface area contributed by atoms with Crippen LogP contribution >= 0.6 is 34.8 Å². The van der Waals surface area contributed by atoms with E-state index in [1.807, 2.05) is 0 Å². The van der Waals surface area contributed by atoms with Crippen molar-refractivity contribution < 1.29 is 9.53 Å². The third-order valence-corrected chi connectivity index (χ3v) is 2.69. The Balaban J connectivity index is 2.12. The second-order valence-corrected chi connectivity index (χ2v) is 6.79. The number of aromatic nitrogens is 4. The molecule has 2 aromatic heterocycles. The number of carbonyl (C=O) groups is 1. The summed E-state index contributed by atoms with van der Waals surface area (Å²) in [5.41, 5.74) is 1.41. The molecule has 1 N–H and O–H groups in total. The molecule has 7 nitrogen and oxygen atoms in total. The molecule has 10 heteroatoms. The van der Waals surface area contributed by atoms with Crippen LogP contribution in [0.2, 0.25) is 0 Å². The second-order valence-electron chi connectivity index (χ2n) is 4.27. The van der Waals surface area contributed by atoms with Crippen LogP contribution in [-0.4, -0.2) is 36.1 Å². The van der Waals surface area contributed by atoms with Crippen LogP contribution < -0.4 is 5.32 Å². The summed E-state index contributed by atoms with van der Waals surface area (Å²) in [6.07, 6.45) is 2.63. The van der Waals surface area contributed by atoms with E-state index in [1.165, 1.54) is 4.68 Å². The van der Waals surface area contributed by atoms with E-state index in [0.717, 1.165) is 5.69 Å². The van der Waals surface area contributed by atoms with E-state index in [4.69, 9.17) is 39.5 Å². The third-order valence-electron chi connectivity index (χ3n) is 2.36. The van der Waals surface area contributed by atoms with Gasteiger partial charge in [0, 0.05) is 13.1 Å². The molecule has 0 spiro atoms. The van der Waals surface area contributed by atoms with Crippen LogP contribution in [0.15, 0.2) is 18.5 Å². The zero-order valence-corrected chi connectivity index (χ0v) is 13.4. The van der Waals surface area contributed by atoms with Crippen molar-refractivity contribution >= 4 is 46.7 Å². The van der Waals surface area contributed by atoms with Crippen molar-refractivity contribution in [2.45, 2.75) is 10.7 Å². The van der Waals surface area contributed by atoms with Crippen LogP contribution in [0.3, 0.4) is 0 Å². The van der Waals surface area contributed by atoms with Gasteiger partial charge in [0.1, 0.15) is 18.1 Å². The van der Waals surface area contributed by atoms with Gasteiger partial charge < -0.3 is 4.74 Å². The van der Waals surface area contributed by atoms with Crippen LogP contribution in [0.5, 0.6) is 0 Å². The van der Waals surface area contributed by atoms with Crippen molar-refractivity contribution in [3.63, 3.8) is 0 Å². The summed E-state index contributed by atoms with van der Waals surface area (Å²) < 4.78 is 6.30. The minimum absolute atomic E-state index is 0.358. The first-order chi connectivity index (χ1) is 9.74. The van der Waals surface area contributed by atoms with Gasteiger partial charge in [0.2, 0.25) is 3.79 Å². The summed E-state index contributed by atoms with van der Waals surface area (Å²) in [4.78, 5) is 11.7. The minimum atomic E-state index is -1.66. The average molecular weight is 353 g/mol. The number of anilines is 1. The van der Waals surface area contributed by atoms with Crippen LogP contribution in [0.25, 0.3) is 5.69 Å². The highest BCUT2D eigenvalue weighted by molar-refractivity contribution is 6.67. The molecule has 0 aliphatic heterocycles. The molecule has 0 aliphatic carbocycles. The fraction of sp³-hybridized carbons (Fsp3) is 0.364. The van der Waals surface area contributed by atoms with Gasteiger partial charge >= 0.3 is 6.09 Å². The lowest BCUT2D eigenvalue weighted by Gasteiger charge is -2.12. The van der Waals surface area contributed by atoms with Crippen molar-refractivity contribution in [2.75, 3.05) is 11.9 Å². The normalized spacial score (nSPS) is 11.5. The zero-order valence-electron chi connectivity index (χ0n) is 11.2. The number of carbonyl (C=O) groups excluding carboxylic acids is 1. The van der Waals surface area contributed by atoms with E-state index in [2.05, 4.69) is 15.5 Å². The van der Waals surface area contributed by atoms with Crippen LogP contribution in [0.4, 0.5) is 10.6 Å². The minimum Gasteiger partial charge on any atom is -0.445 e. The van der Waals surface area contributed by atoms with Gasteiger partial charge in [0.05, 0.1) is 18.1 Å². The summed E-state index contributed by atoms with van der Waals surface area (Å²) in [7, 11) is 1.78. The first kappa shape index (κ1) is 15.9. The van der Waals surface area contributed by atoms with Gasteiger partial charge in [-0.3, -0.25) is 10.00 Å². The molecule has 0 atom stereocenters. The molecular formula is C11H12Cl3N5O2. The molecule has 0 radical (unpaired) electrons. The fourth-order valence-corrected chi connectivity index (χ4v) is 1.75. The van der Waals surface area contributed by atoms with E-state index >= 15 is 0 Å². The summed E-state index contributed by atoms with van der Waals surface area (Å²) >= 11 is 16.5. The van der Waals surface area contributed by atoms with E-state index in [1.54, 1.807) is 37.1 Å². The Bertz CT molecular complexity index is 647. The van der Waals surface area contributed by atoms with E-state index in [-0.39, 0.29) is 6.61 Å². The van der Waals surface area contributed by atoms with Crippen molar-refractivity contribution in [3.8, 4) is 5.69 Å². The number of ether oxygens (including phenoxy) is 1. The molecule has 0 saturated carbocycles. The Morgan fingerprint density at radius 3 is 2.76 bits per heavy atom. The smallest absolute Gasteiger partial charge is 0.412 e. The molecule has 0 bridgehead atoms. The largest absolute Gasteiger partial charge is 0.445 e. The molecule has 114 valence electrons. The zero-order chi connectivity index (χ0) is 15.6. The maximum atomic E-state index is 11.7. The number of halogens is 3. The van der Waals surface area contributed by atoms with Crippen LogP contribution in [-0.2, 0) is 11.8 Å². The number of nitrogens with one attached hydrogen (secondary N) is 1. The summed E-state index contributed by atoms with van der Waals surface area (Å²) in [6.45, 7) is 1.44. The summed E-state index contributed by atoms with van der Waals surface area (Å²) in [5.74, 6) is 0.426. The number of aryl methyl sites for hydroxylation is 2. The van der Waals surface area contributed by atoms with Gasteiger partial charge in [-0.2, -0.15) is 10.2 Å². The lowest BCUT2D eigenvalue weighted by molar-refractivity contribution is 0.163. The quantitative estimate of drug-likeness (QED) is 0.862.